The highest BCUT2D eigenvalue weighted by molar-refractivity contribution is 5.92. The molecule has 1 aromatic heterocycles. The van der Waals surface area contributed by atoms with Crippen LogP contribution in [0.5, 0.6) is 0 Å². The first-order chi connectivity index (χ1) is 13.1. The molecule has 0 unspecified atom stereocenters. The number of carbonyl (C=O) groups excluding carboxylic acids is 2. The largest absolute Gasteiger partial charge is 0.360 e. The molecule has 27 heavy (non-hydrogen) atoms. The molecule has 2 amide bonds. The maximum Gasteiger partial charge on any atom is 0.273 e. The summed E-state index contributed by atoms with van der Waals surface area (Å²) in [5.41, 5.74) is 5.95. The highest BCUT2D eigenvalue weighted by Gasteiger charge is 2.31. The van der Waals surface area contributed by atoms with E-state index in [9.17, 15) is 9.59 Å². The first kappa shape index (κ1) is 19.9. The van der Waals surface area contributed by atoms with Crippen LogP contribution in [0.1, 0.15) is 86.9 Å². The molecular formula is C20H32N4O3. The molecule has 3 N–H and O–H groups in total. The normalized spacial score (nSPS) is 22.4. The molecule has 2 fully saturated rings. The predicted octanol–water partition coefficient (Wildman–Crippen LogP) is 2.57. The van der Waals surface area contributed by atoms with Gasteiger partial charge >= 0.3 is 0 Å². The van der Waals surface area contributed by atoms with Crippen LogP contribution in [-0.4, -0.2) is 47.0 Å². The topological polar surface area (TPSA) is 101 Å². The van der Waals surface area contributed by atoms with Crippen LogP contribution in [0.15, 0.2) is 10.6 Å². The van der Waals surface area contributed by atoms with Crippen molar-refractivity contribution < 1.29 is 14.1 Å². The van der Waals surface area contributed by atoms with Gasteiger partial charge < -0.3 is 20.5 Å². The Hall–Kier alpha value is -1.89. The Bertz CT molecular complexity index is 633. The van der Waals surface area contributed by atoms with Crippen molar-refractivity contribution in [3.05, 3.63) is 17.5 Å². The number of nitrogens with one attached hydrogen (secondary N) is 1. The highest BCUT2D eigenvalue weighted by atomic mass is 16.5. The van der Waals surface area contributed by atoms with Crippen LogP contribution in [0.2, 0.25) is 0 Å². The van der Waals surface area contributed by atoms with Gasteiger partial charge in [0.2, 0.25) is 5.91 Å². The Kier molecular flexibility index (Phi) is 6.88. The maximum absolute atomic E-state index is 12.4. The number of amides is 2. The number of carbonyl (C=O) groups is 2. The molecule has 2 saturated carbocycles. The third kappa shape index (κ3) is 5.31. The summed E-state index contributed by atoms with van der Waals surface area (Å²) in [7, 11) is 0. The Balaban J connectivity index is 1.49. The second kappa shape index (κ2) is 9.35. The van der Waals surface area contributed by atoms with Gasteiger partial charge in [0.1, 0.15) is 5.76 Å². The molecule has 7 nitrogen and oxygen atoms in total. The summed E-state index contributed by atoms with van der Waals surface area (Å²) in [6, 6.07) is 2.17. The first-order valence-electron chi connectivity index (χ1n) is 10.4. The van der Waals surface area contributed by atoms with Crippen molar-refractivity contribution in [2.45, 2.75) is 82.7 Å². The van der Waals surface area contributed by atoms with Crippen LogP contribution in [0.4, 0.5) is 0 Å². The van der Waals surface area contributed by atoms with Crippen LogP contribution in [0.3, 0.4) is 0 Å². The summed E-state index contributed by atoms with van der Waals surface area (Å²) in [6.45, 7) is 3.34. The van der Waals surface area contributed by atoms with Gasteiger partial charge in [0, 0.05) is 43.6 Å². The van der Waals surface area contributed by atoms with Gasteiger partial charge in [-0.1, -0.05) is 18.5 Å². The van der Waals surface area contributed by atoms with Gasteiger partial charge in [0.15, 0.2) is 5.69 Å². The molecule has 7 heteroatoms. The monoisotopic (exact) mass is 376 g/mol. The van der Waals surface area contributed by atoms with Crippen molar-refractivity contribution >= 4 is 11.8 Å². The lowest BCUT2D eigenvalue weighted by molar-refractivity contribution is -0.134. The Morgan fingerprint density at radius 3 is 2.63 bits per heavy atom. The number of unbranched alkanes of at least 4 members (excludes halogenated alkanes) is 1. The van der Waals surface area contributed by atoms with Crippen molar-refractivity contribution in [3.63, 3.8) is 0 Å². The SMILES string of the molecule is CCCCN(C(=O)CCN)C1CCC(NC(=O)c2cc(C3CC3)on2)CC1. The number of hydrogen-bond donors (Lipinski definition) is 2. The molecule has 0 aromatic carbocycles. The van der Waals surface area contributed by atoms with E-state index >= 15 is 0 Å². The smallest absolute Gasteiger partial charge is 0.273 e. The molecule has 0 radical (unpaired) electrons. The van der Waals surface area contributed by atoms with Gasteiger partial charge in [-0.05, 0) is 44.9 Å². The number of rotatable bonds is 9. The molecule has 1 aromatic rings. The summed E-state index contributed by atoms with van der Waals surface area (Å²) in [5.74, 6) is 1.29. The average molecular weight is 377 g/mol. The van der Waals surface area contributed by atoms with Gasteiger partial charge in [0.25, 0.3) is 5.91 Å². The van der Waals surface area contributed by atoms with Crippen molar-refractivity contribution in [1.82, 2.24) is 15.4 Å². The van der Waals surface area contributed by atoms with E-state index in [2.05, 4.69) is 17.4 Å². The van der Waals surface area contributed by atoms with Crippen molar-refractivity contribution in [3.8, 4) is 0 Å². The Morgan fingerprint density at radius 2 is 2.00 bits per heavy atom. The number of hydrogen-bond acceptors (Lipinski definition) is 5. The zero-order valence-corrected chi connectivity index (χ0v) is 16.3. The maximum atomic E-state index is 12.4. The molecular weight excluding hydrogens is 344 g/mol. The fourth-order valence-electron chi connectivity index (χ4n) is 3.85. The molecule has 0 aliphatic heterocycles. The van der Waals surface area contributed by atoms with Gasteiger partial charge in [-0.25, -0.2) is 0 Å². The minimum atomic E-state index is -0.156. The Morgan fingerprint density at radius 1 is 1.26 bits per heavy atom. The van der Waals surface area contributed by atoms with E-state index in [1.807, 2.05) is 4.90 Å². The van der Waals surface area contributed by atoms with Crippen molar-refractivity contribution in [2.24, 2.45) is 5.73 Å². The lowest BCUT2D eigenvalue weighted by atomic mass is 9.89. The third-order valence-electron chi connectivity index (χ3n) is 5.64. The second-order valence-corrected chi connectivity index (χ2v) is 7.85. The molecule has 0 atom stereocenters. The third-order valence-corrected chi connectivity index (χ3v) is 5.64. The van der Waals surface area contributed by atoms with Crippen LogP contribution >= 0.6 is 0 Å². The molecule has 2 aliphatic rings. The van der Waals surface area contributed by atoms with E-state index in [0.29, 0.717) is 24.6 Å². The second-order valence-electron chi connectivity index (χ2n) is 7.85. The highest BCUT2D eigenvalue weighted by Crippen LogP contribution is 2.40. The van der Waals surface area contributed by atoms with E-state index in [1.54, 1.807) is 6.07 Å². The summed E-state index contributed by atoms with van der Waals surface area (Å²) in [4.78, 5) is 26.8. The van der Waals surface area contributed by atoms with Gasteiger partial charge in [-0.15, -0.1) is 0 Å². The summed E-state index contributed by atoms with van der Waals surface area (Å²) in [6.07, 6.45) is 8.32. The number of aromatic nitrogens is 1. The zero-order chi connectivity index (χ0) is 19.2. The molecule has 0 saturated heterocycles. The van der Waals surface area contributed by atoms with Gasteiger partial charge in [-0.2, -0.15) is 0 Å². The quantitative estimate of drug-likeness (QED) is 0.690. The molecule has 3 rings (SSSR count). The first-order valence-corrected chi connectivity index (χ1v) is 10.4. The number of nitrogens with zero attached hydrogens (tertiary/aromatic N) is 2. The minimum Gasteiger partial charge on any atom is -0.360 e. The van der Waals surface area contributed by atoms with Gasteiger partial charge in [-0.3, -0.25) is 9.59 Å². The number of nitrogens with two attached hydrogens (primary N) is 1. The molecule has 0 spiro atoms. The standard InChI is InChI=1S/C20H32N4O3/c1-2-3-12-24(19(25)10-11-21)16-8-6-15(7-9-16)22-20(26)17-13-18(27-23-17)14-4-5-14/h13-16H,2-12,21H2,1H3,(H,22,26). The van der Waals surface area contributed by atoms with Crippen LogP contribution in [0, 0.1) is 0 Å². The van der Waals surface area contributed by atoms with E-state index in [4.69, 9.17) is 10.3 Å². The fraction of sp³-hybridized carbons (Fsp3) is 0.750. The lowest BCUT2D eigenvalue weighted by Crippen LogP contribution is -2.47. The van der Waals surface area contributed by atoms with Crippen LogP contribution < -0.4 is 11.1 Å². The van der Waals surface area contributed by atoms with Gasteiger partial charge in [0.05, 0.1) is 0 Å². The molecule has 2 aliphatic carbocycles. The van der Waals surface area contributed by atoms with E-state index in [0.717, 1.165) is 63.7 Å². The minimum absolute atomic E-state index is 0.132. The van der Waals surface area contributed by atoms with Crippen LogP contribution in [-0.2, 0) is 4.79 Å². The Labute approximate surface area is 161 Å². The fourth-order valence-corrected chi connectivity index (χ4v) is 3.85. The molecule has 1 heterocycles. The predicted molar refractivity (Wildman–Crippen MR) is 102 cm³/mol. The molecule has 0 bridgehead atoms. The van der Waals surface area contributed by atoms with Crippen molar-refractivity contribution in [2.75, 3.05) is 13.1 Å². The van der Waals surface area contributed by atoms with Crippen molar-refractivity contribution in [1.29, 1.82) is 0 Å². The summed E-state index contributed by atoms with van der Waals surface area (Å²) in [5, 5.41) is 6.99. The van der Waals surface area contributed by atoms with E-state index < -0.39 is 0 Å². The van der Waals surface area contributed by atoms with Crippen LogP contribution in [0.25, 0.3) is 0 Å². The summed E-state index contributed by atoms with van der Waals surface area (Å²) < 4.78 is 5.27. The summed E-state index contributed by atoms with van der Waals surface area (Å²) >= 11 is 0. The van der Waals surface area contributed by atoms with E-state index in [-0.39, 0.29) is 23.9 Å². The van der Waals surface area contributed by atoms with E-state index in [1.165, 1.54) is 0 Å². The zero-order valence-electron chi connectivity index (χ0n) is 16.3. The lowest BCUT2D eigenvalue weighted by Gasteiger charge is -2.37. The average Bonchev–Trinajstić information content (AvgIpc) is 3.40. The molecule has 150 valence electrons.